The molecule has 2 unspecified atom stereocenters. The number of esters is 1. The second kappa shape index (κ2) is 43.8. The number of hydrogen-bond acceptors (Lipinski definition) is 5. The van der Waals surface area contributed by atoms with Crippen LogP contribution < -0.4 is 5.32 Å². The minimum Gasteiger partial charge on any atom is -0.466 e. The summed E-state index contributed by atoms with van der Waals surface area (Å²) < 4.78 is 5.42. The monoisotopic (exact) mass is 760 g/mol. The number of carbonyl (C=O) groups excluding carboxylic acids is 2. The molecular formula is C48H89NO5. The van der Waals surface area contributed by atoms with Crippen molar-refractivity contribution < 1.29 is 24.5 Å². The van der Waals surface area contributed by atoms with Crippen molar-refractivity contribution in [2.75, 3.05) is 13.2 Å². The van der Waals surface area contributed by atoms with Gasteiger partial charge in [0, 0.05) is 12.8 Å². The van der Waals surface area contributed by atoms with Crippen LogP contribution in [0.3, 0.4) is 0 Å². The molecule has 0 saturated carbocycles. The van der Waals surface area contributed by atoms with Crippen molar-refractivity contribution in [1.29, 1.82) is 0 Å². The molecule has 1 amide bonds. The zero-order valence-electron chi connectivity index (χ0n) is 35.7. The predicted octanol–water partition coefficient (Wildman–Crippen LogP) is 13.3. The fourth-order valence-corrected chi connectivity index (χ4v) is 6.78. The summed E-state index contributed by atoms with van der Waals surface area (Å²) in [5, 5.41) is 23.0. The molecule has 0 aliphatic carbocycles. The van der Waals surface area contributed by atoms with E-state index in [1.807, 2.05) is 0 Å². The second-order valence-electron chi connectivity index (χ2n) is 15.7. The Kier molecular flexibility index (Phi) is 42.2. The molecule has 0 aromatic rings. The van der Waals surface area contributed by atoms with Crippen molar-refractivity contribution in [3.63, 3.8) is 0 Å². The van der Waals surface area contributed by atoms with Crippen LogP contribution in [-0.4, -0.2) is 47.4 Å². The van der Waals surface area contributed by atoms with Crippen LogP contribution in [0.5, 0.6) is 0 Å². The number of aliphatic hydroxyl groups is 2. The molecule has 2 atom stereocenters. The van der Waals surface area contributed by atoms with E-state index in [0.29, 0.717) is 25.9 Å². The molecule has 6 heteroatoms. The lowest BCUT2D eigenvalue weighted by molar-refractivity contribution is -0.143. The first-order valence-electron chi connectivity index (χ1n) is 23.2. The van der Waals surface area contributed by atoms with Crippen LogP contribution in [0.4, 0.5) is 0 Å². The molecule has 54 heavy (non-hydrogen) atoms. The first-order valence-corrected chi connectivity index (χ1v) is 23.2. The largest absolute Gasteiger partial charge is 0.466 e. The summed E-state index contributed by atoms with van der Waals surface area (Å²) in [6, 6.07) is -0.566. The van der Waals surface area contributed by atoms with Crippen LogP contribution in [0.15, 0.2) is 36.5 Å². The van der Waals surface area contributed by atoms with Crippen molar-refractivity contribution in [2.45, 2.75) is 244 Å². The topological polar surface area (TPSA) is 95.9 Å². The van der Waals surface area contributed by atoms with Crippen LogP contribution in [0.2, 0.25) is 0 Å². The normalized spacial score (nSPS) is 13.0. The highest BCUT2D eigenvalue weighted by molar-refractivity contribution is 5.76. The number of hydrogen-bond donors (Lipinski definition) is 3. The summed E-state index contributed by atoms with van der Waals surface area (Å²) >= 11 is 0. The lowest BCUT2D eigenvalue weighted by atomic mass is 10.0. The van der Waals surface area contributed by atoms with Gasteiger partial charge in [-0.2, -0.15) is 0 Å². The average molecular weight is 760 g/mol. The highest BCUT2D eigenvalue weighted by Crippen LogP contribution is 2.14. The molecule has 0 spiro atoms. The fraction of sp³-hybridized carbons (Fsp3) is 0.833. The van der Waals surface area contributed by atoms with Crippen LogP contribution in [0, 0.1) is 0 Å². The summed E-state index contributed by atoms with van der Waals surface area (Å²) in [4.78, 5) is 24.4. The van der Waals surface area contributed by atoms with Gasteiger partial charge in [-0.25, -0.2) is 0 Å². The number of amides is 1. The van der Waals surface area contributed by atoms with E-state index in [2.05, 4.69) is 55.6 Å². The highest BCUT2D eigenvalue weighted by atomic mass is 16.5. The van der Waals surface area contributed by atoms with Crippen LogP contribution >= 0.6 is 0 Å². The smallest absolute Gasteiger partial charge is 0.305 e. The molecule has 0 rings (SSSR count). The van der Waals surface area contributed by atoms with E-state index in [1.54, 1.807) is 0 Å². The lowest BCUT2D eigenvalue weighted by Gasteiger charge is -2.22. The Morgan fingerprint density at radius 2 is 0.926 bits per heavy atom. The van der Waals surface area contributed by atoms with Gasteiger partial charge in [-0.1, -0.05) is 172 Å². The van der Waals surface area contributed by atoms with E-state index < -0.39 is 12.1 Å². The predicted molar refractivity (Wildman–Crippen MR) is 232 cm³/mol. The van der Waals surface area contributed by atoms with E-state index >= 15 is 0 Å². The Balaban J connectivity index is 3.53. The molecular weight excluding hydrogens is 671 g/mol. The van der Waals surface area contributed by atoms with E-state index in [1.165, 1.54) is 116 Å². The zero-order valence-corrected chi connectivity index (χ0v) is 35.7. The van der Waals surface area contributed by atoms with Gasteiger partial charge in [0.1, 0.15) is 0 Å². The van der Waals surface area contributed by atoms with Gasteiger partial charge < -0.3 is 20.3 Å². The van der Waals surface area contributed by atoms with Gasteiger partial charge in [0.05, 0.1) is 25.4 Å². The molecule has 0 heterocycles. The number of allylic oxidation sites excluding steroid dienone is 6. The summed E-state index contributed by atoms with van der Waals surface area (Å²) in [6.45, 7) is 4.80. The van der Waals surface area contributed by atoms with Gasteiger partial charge in [-0.05, 0) is 83.5 Å². The minimum atomic E-state index is -0.685. The molecule has 0 aliphatic heterocycles. The lowest BCUT2D eigenvalue weighted by Crippen LogP contribution is -2.45. The van der Waals surface area contributed by atoms with Crippen molar-refractivity contribution >= 4 is 11.9 Å². The summed E-state index contributed by atoms with van der Waals surface area (Å²) in [5.74, 6) is -0.120. The van der Waals surface area contributed by atoms with Gasteiger partial charge in [0.15, 0.2) is 0 Å². The van der Waals surface area contributed by atoms with Crippen molar-refractivity contribution in [3.8, 4) is 0 Å². The molecule has 0 fully saturated rings. The Labute approximate surface area is 334 Å². The number of carbonyl (C=O) groups is 2. The van der Waals surface area contributed by atoms with Crippen molar-refractivity contribution in [3.05, 3.63) is 36.5 Å². The highest BCUT2D eigenvalue weighted by Gasteiger charge is 2.20. The molecule has 316 valence electrons. The third-order valence-corrected chi connectivity index (χ3v) is 10.4. The van der Waals surface area contributed by atoms with E-state index in [4.69, 9.17) is 4.74 Å². The molecule has 0 aliphatic rings. The quantitative estimate of drug-likeness (QED) is 0.0327. The minimum absolute atomic E-state index is 0.0454. The van der Waals surface area contributed by atoms with Gasteiger partial charge in [0.2, 0.25) is 5.91 Å². The van der Waals surface area contributed by atoms with Gasteiger partial charge >= 0.3 is 5.97 Å². The van der Waals surface area contributed by atoms with Crippen LogP contribution in [0.1, 0.15) is 232 Å². The number of ether oxygens (including phenoxy) is 1. The van der Waals surface area contributed by atoms with Crippen LogP contribution in [-0.2, 0) is 14.3 Å². The molecule has 3 N–H and O–H groups in total. The Morgan fingerprint density at radius 1 is 0.519 bits per heavy atom. The first-order chi connectivity index (χ1) is 26.5. The molecule has 6 nitrogen and oxygen atoms in total. The maximum Gasteiger partial charge on any atom is 0.305 e. The van der Waals surface area contributed by atoms with Crippen molar-refractivity contribution in [2.24, 2.45) is 0 Å². The summed E-state index contributed by atoms with van der Waals surface area (Å²) in [5.41, 5.74) is 0. The van der Waals surface area contributed by atoms with Crippen LogP contribution in [0.25, 0.3) is 0 Å². The third kappa shape index (κ3) is 39.8. The SMILES string of the molecule is CCCCC/C=C\C/C=C\CCCCCCCCCC(=O)OCCCC/C=C\CCCCCCC(=O)NC(CO)C(O)CCCCCCCCCCCC. The molecule has 0 radical (unpaired) electrons. The molecule has 0 saturated heterocycles. The molecule has 0 bridgehead atoms. The van der Waals surface area contributed by atoms with E-state index in [-0.39, 0.29) is 18.5 Å². The first kappa shape index (κ1) is 52.1. The average Bonchev–Trinajstić information content (AvgIpc) is 3.17. The van der Waals surface area contributed by atoms with E-state index in [0.717, 1.165) is 83.5 Å². The maximum atomic E-state index is 12.4. The number of nitrogens with one attached hydrogen (secondary N) is 1. The number of rotatable bonds is 42. The van der Waals surface area contributed by atoms with Gasteiger partial charge in [-0.15, -0.1) is 0 Å². The summed E-state index contributed by atoms with van der Waals surface area (Å²) in [6.07, 6.45) is 51.1. The Hall–Kier alpha value is -1.92. The van der Waals surface area contributed by atoms with Gasteiger partial charge in [0.25, 0.3) is 0 Å². The maximum absolute atomic E-state index is 12.4. The summed E-state index contributed by atoms with van der Waals surface area (Å²) in [7, 11) is 0. The standard InChI is InChI=1S/C48H89NO5/c1-3-5-7-9-11-13-15-16-17-18-19-20-21-26-30-34-38-42-48(53)54-43-39-35-31-27-23-22-25-29-33-37-41-47(52)49-45(44-50)46(51)40-36-32-28-24-14-12-10-8-6-4-2/h11,13,16-17,23,27,45-46,50-51H,3-10,12,14-15,18-22,24-26,28-44H2,1-2H3,(H,49,52)/b13-11-,17-16-,27-23-. The second-order valence-corrected chi connectivity index (χ2v) is 15.7. The third-order valence-electron chi connectivity index (χ3n) is 10.4. The van der Waals surface area contributed by atoms with E-state index in [9.17, 15) is 19.8 Å². The number of unbranched alkanes of at least 4 members (excludes halogenated alkanes) is 25. The zero-order chi connectivity index (χ0) is 39.4. The molecule has 0 aromatic carbocycles. The Morgan fingerprint density at radius 3 is 1.46 bits per heavy atom. The van der Waals surface area contributed by atoms with Gasteiger partial charge in [-0.3, -0.25) is 9.59 Å². The molecule has 0 aromatic heterocycles. The fourth-order valence-electron chi connectivity index (χ4n) is 6.78. The Bertz CT molecular complexity index is 884. The number of aliphatic hydroxyl groups excluding tert-OH is 2. The van der Waals surface area contributed by atoms with Crippen molar-refractivity contribution in [1.82, 2.24) is 5.32 Å².